The van der Waals surface area contributed by atoms with Gasteiger partial charge in [-0.05, 0) is 26.4 Å². The highest BCUT2D eigenvalue weighted by Gasteiger charge is 2.17. The highest BCUT2D eigenvalue weighted by Crippen LogP contribution is 2.10. The Morgan fingerprint density at radius 1 is 1.75 bits per heavy atom. The van der Waals surface area contributed by atoms with Crippen LogP contribution < -0.4 is 5.73 Å². The van der Waals surface area contributed by atoms with E-state index in [1.807, 2.05) is 0 Å². The Bertz CT molecular complexity index is 161. The standard InChI is InChI=1S/C8H16N2O2/c1-10-4-2-3-7(5-10)12-6-8(9)11/h7H,2-6H2,1H3,(H2,9,11). The highest BCUT2D eigenvalue weighted by atomic mass is 16.5. The van der Waals surface area contributed by atoms with E-state index in [4.69, 9.17) is 10.5 Å². The molecule has 0 radical (unpaired) electrons. The van der Waals surface area contributed by atoms with Crippen molar-refractivity contribution in [3.8, 4) is 0 Å². The lowest BCUT2D eigenvalue weighted by Gasteiger charge is -2.29. The molecule has 1 atom stereocenters. The predicted molar refractivity (Wildman–Crippen MR) is 45.7 cm³/mol. The van der Waals surface area contributed by atoms with E-state index in [1.165, 1.54) is 0 Å². The molecule has 1 rings (SSSR count). The molecule has 1 fully saturated rings. The Kier molecular flexibility index (Phi) is 3.49. The van der Waals surface area contributed by atoms with Crippen LogP contribution in [0, 0.1) is 0 Å². The molecule has 0 bridgehead atoms. The van der Waals surface area contributed by atoms with Crippen LogP contribution in [0.2, 0.25) is 0 Å². The first-order valence-electron chi connectivity index (χ1n) is 4.27. The van der Waals surface area contributed by atoms with Crippen LogP contribution in [0.15, 0.2) is 0 Å². The summed E-state index contributed by atoms with van der Waals surface area (Å²) in [6.45, 7) is 2.09. The molecule has 1 heterocycles. The van der Waals surface area contributed by atoms with Crippen molar-refractivity contribution >= 4 is 5.91 Å². The zero-order valence-electron chi connectivity index (χ0n) is 7.45. The second-order valence-corrected chi connectivity index (χ2v) is 3.30. The van der Waals surface area contributed by atoms with Gasteiger partial charge in [-0.2, -0.15) is 0 Å². The van der Waals surface area contributed by atoms with Crippen LogP contribution >= 0.6 is 0 Å². The van der Waals surface area contributed by atoms with Crippen molar-refractivity contribution in [3.63, 3.8) is 0 Å². The van der Waals surface area contributed by atoms with Crippen LogP contribution in [0.4, 0.5) is 0 Å². The number of nitrogens with two attached hydrogens (primary N) is 1. The minimum Gasteiger partial charge on any atom is -0.368 e. The number of primary amides is 1. The molecule has 1 amide bonds. The lowest BCUT2D eigenvalue weighted by atomic mass is 10.1. The van der Waals surface area contributed by atoms with Crippen LogP contribution in [0.1, 0.15) is 12.8 Å². The number of likely N-dealkylation sites (N-methyl/N-ethyl adjacent to an activating group) is 1. The van der Waals surface area contributed by atoms with Crippen molar-refractivity contribution in [2.45, 2.75) is 18.9 Å². The number of carbonyl (C=O) groups is 1. The number of nitrogens with zero attached hydrogens (tertiary/aromatic N) is 1. The summed E-state index contributed by atoms with van der Waals surface area (Å²) < 4.78 is 5.30. The first-order valence-corrected chi connectivity index (χ1v) is 4.27. The Morgan fingerprint density at radius 2 is 2.50 bits per heavy atom. The smallest absolute Gasteiger partial charge is 0.243 e. The Hall–Kier alpha value is -0.610. The first kappa shape index (κ1) is 9.48. The van der Waals surface area contributed by atoms with E-state index in [9.17, 15) is 4.79 Å². The summed E-state index contributed by atoms with van der Waals surface area (Å²) in [6, 6.07) is 0. The van der Waals surface area contributed by atoms with Crippen molar-refractivity contribution in [1.29, 1.82) is 0 Å². The Labute approximate surface area is 72.7 Å². The number of piperidine rings is 1. The van der Waals surface area contributed by atoms with Crippen molar-refractivity contribution in [1.82, 2.24) is 4.90 Å². The summed E-state index contributed by atoms with van der Waals surface area (Å²) in [5, 5.41) is 0. The fraction of sp³-hybridized carbons (Fsp3) is 0.875. The fourth-order valence-corrected chi connectivity index (χ4v) is 1.46. The molecule has 2 N–H and O–H groups in total. The van der Waals surface area contributed by atoms with E-state index >= 15 is 0 Å². The lowest BCUT2D eigenvalue weighted by molar-refractivity contribution is -0.125. The van der Waals surface area contributed by atoms with Crippen molar-refractivity contribution in [2.24, 2.45) is 5.73 Å². The van der Waals surface area contributed by atoms with Gasteiger partial charge in [-0.25, -0.2) is 0 Å². The second-order valence-electron chi connectivity index (χ2n) is 3.30. The van der Waals surface area contributed by atoms with Gasteiger partial charge in [-0.15, -0.1) is 0 Å². The molecule has 0 aliphatic carbocycles. The van der Waals surface area contributed by atoms with Gasteiger partial charge >= 0.3 is 0 Å². The molecular weight excluding hydrogens is 156 g/mol. The second kappa shape index (κ2) is 4.42. The molecule has 0 spiro atoms. The molecule has 0 aromatic rings. The first-order chi connectivity index (χ1) is 5.68. The van der Waals surface area contributed by atoms with E-state index in [1.54, 1.807) is 0 Å². The molecule has 12 heavy (non-hydrogen) atoms. The molecule has 0 saturated carbocycles. The molecule has 1 aliphatic rings. The third-order valence-electron chi connectivity index (χ3n) is 2.04. The SMILES string of the molecule is CN1CCCC(OCC(N)=O)C1. The third kappa shape index (κ3) is 3.19. The summed E-state index contributed by atoms with van der Waals surface area (Å²) in [6.07, 6.45) is 2.37. The summed E-state index contributed by atoms with van der Waals surface area (Å²) in [5.74, 6) is -0.386. The number of likely N-dealkylation sites (tertiary alicyclic amines) is 1. The molecule has 70 valence electrons. The molecule has 1 saturated heterocycles. The van der Waals surface area contributed by atoms with Crippen LogP contribution in [-0.2, 0) is 9.53 Å². The molecular formula is C8H16N2O2. The van der Waals surface area contributed by atoms with Crippen molar-refractivity contribution in [2.75, 3.05) is 26.7 Å². The third-order valence-corrected chi connectivity index (χ3v) is 2.04. The predicted octanol–water partition coefficient (Wildman–Crippen LogP) is -0.417. The number of rotatable bonds is 3. The maximum Gasteiger partial charge on any atom is 0.243 e. The largest absolute Gasteiger partial charge is 0.368 e. The quantitative estimate of drug-likeness (QED) is 0.629. The maximum absolute atomic E-state index is 10.4. The molecule has 1 unspecified atom stereocenters. The average molecular weight is 172 g/mol. The van der Waals surface area contributed by atoms with E-state index in [-0.39, 0.29) is 18.6 Å². The zero-order valence-corrected chi connectivity index (χ0v) is 7.45. The minimum atomic E-state index is -0.386. The topological polar surface area (TPSA) is 55.6 Å². The summed E-state index contributed by atoms with van der Waals surface area (Å²) in [7, 11) is 2.06. The minimum absolute atomic E-state index is 0.0541. The monoisotopic (exact) mass is 172 g/mol. The molecule has 0 aromatic heterocycles. The number of carbonyl (C=O) groups excluding carboxylic acids is 1. The van der Waals surface area contributed by atoms with Gasteiger partial charge in [0.05, 0.1) is 6.10 Å². The zero-order chi connectivity index (χ0) is 8.97. The van der Waals surface area contributed by atoms with Crippen LogP contribution in [0.25, 0.3) is 0 Å². The number of ether oxygens (including phenoxy) is 1. The molecule has 1 aliphatic heterocycles. The fourth-order valence-electron chi connectivity index (χ4n) is 1.46. The van der Waals surface area contributed by atoms with Crippen LogP contribution in [0.5, 0.6) is 0 Å². The van der Waals surface area contributed by atoms with E-state index in [0.29, 0.717) is 0 Å². The van der Waals surface area contributed by atoms with Crippen molar-refractivity contribution < 1.29 is 9.53 Å². The van der Waals surface area contributed by atoms with Crippen molar-refractivity contribution in [3.05, 3.63) is 0 Å². The molecule has 4 heteroatoms. The van der Waals surface area contributed by atoms with Gasteiger partial charge in [-0.1, -0.05) is 0 Å². The Balaban J connectivity index is 2.18. The number of amides is 1. The Morgan fingerprint density at radius 3 is 3.08 bits per heavy atom. The van der Waals surface area contributed by atoms with Gasteiger partial charge in [0.25, 0.3) is 0 Å². The van der Waals surface area contributed by atoms with E-state index in [0.717, 1.165) is 25.9 Å². The number of hydrogen-bond acceptors (Lipinski definition) is 3. The normalized spacial score (nSPS) is 25.6. The molecule has 4 nitrogen and oxygen atoms in total. The maximum atomic E-state index is 10.4. The van der Waals surface area contributed by atoms with Gasteiger partial charge in [0.1, 0.15) is 6.61 Å². The van der Waals surface area contributed by atoms with Gasteiger partial charge in [0, 0.05) is 6.54 Å². The van der Waals surface area contributed by atoms with Crippen LogP contribution in [0.3, 0.4) is 0 Å². The lowest BCUT2D eigenvalue weighted by Crippen LogP contribution is -2.38. The number of hydrogen-bond donors (Lipinski definition) is 1. The molecule has 0 aromatic carbocycles. The van der Waals surface area contributed by atoms with Gasteiger partial charge in [-0.3, -0.25) is 4.79 Å². The highest BCUT2D eigenvalue weighted by molar-refractivity contribution is 5.75. The van der Waals surface area contributed by atoms with Gasteiger partial charge in [0.15, 0.2) is 0 Å². The van der Waals surface area contributed by atoms with E-state index < -0.39 is 0 Å². The van der Waals surface area contributed by atoms with Gasteiger partial charge in [0.2, 0.25) is 5.91 Å². The van der Waals surface area contributed by atoms with Gasteiger partial charge < -0.3 is 15.4 Å². The van der Waals surface area contributed by atoms with E-state index in [2.05, 4.69) is 11.9 Å². The summed E-state index contributed by atoms with van der Waals surface area (Å²) >= 11 is 0. The average Bonchev–Trinajstić information content (AvgIpc) is 2.01. The summed E-state index contributed by atoms with van der Waals surface area (Å²) in [5.41, 5.74) is 4.97. The van der Waals surface area contributed by atoms with Crippen LogP contribution in [-0.4, -0.2) is 43.7 Å². The summed E-state index contributed by atoms with van der Waals surface area (Å²) in [4.78, 5) is 12.6.